The molecule has 0 aromatic heterocycles. The topological polar surface area (TPSA) is 50.4 Å². The maximum absolute atomic E-state index is 11.5. The van der Waals surface area contributed by atoms with E-state index in [9.17, 15) is 4.79 Å². The van der Waals surface area contributed by atoms with Crippen molar-refractivity contribution in [2.24, 2.45) is 5.92 Å². The normalized spacial score (nSPS) is 25.8. The fourth-order valence-electron chi connectivity index (χ4n) is 1.76. The van der Waals surface area contributed by atoms with Crippen LogP contribution in [-0.2, 0) is 9.53 Å². The Bertz CT molecular complexity index is 223. The Labute approximate surface area is 98.1 Å². The number of carbonyl (C=O) groups is 1. The van der Waals surface area contributed by atoms with E-state index in [1.807, 2.05) is 0 Å². The molecule has 1 amide bonds. The van der Waals surface area contributed by atoms with Crippen molar-refractivity contribution in [2.45, 2.75) is 39.2 Å². The number of carbonyl (C=O) groups excluding carboxylic acids is 1. The second kappa shape index (κ2) is 6.21. The van der Waals surface area contributed by atoms with Crippen LogP contribution in [0.4, 0.5) is 0 Å². The van der Waals surface area contributed by atoms with E-state index in [1.165, 1.54) is 0 Å². The Kier molecular flexibility index (Phi) is 5.22. The second-order valence-electron chi connectivity index (χ2n) is 5.22. The van der Waals surface area contributed by atoms with Gasteiger partial charge in [-0.15, -0.1) is 0 Å². The zero-order valence-corrected chi connectivity index (χ0v) is 10.6. The molecule has 1 aliphatic heterocycles. The number of piperidine rings is 1. The van der Waals surface area contributed by atoms with E-state index < -0.39 is 0 Å². The number of hydrogen-bond acceptors (Lipinski definition) is 3. The summed E-state index contributed by atoms with van der Waals surface area (Å²) in [6.45, 7) is 9.00. The molecule has 1 saturated heterocycles. The third kappa shape index (κ3) is 4.94. The van der Waals surface area contributed by atoms with E-state index in [-0.39, 0.29) is 18.1 Å². The van der Waals surface area contributed by atoms with Crippen LogP contribution >= 0.6 is 0 Å². The van der Waals surface area contributed by atoms with E-state index >= 15 is 0 Å². The fourth-order valence-corrected chi connectivity index (χ4v) is 1.76. The van der Waals surface area contributed by atoms with Gasteiger partial charge in [-0.3, -0.25) is 4.79 Å². The van der Waals surface area contributed by atoms with E-state index in [0.29, 0.717) is 5.92 Å². The lowest BCUT2D eigenvalue weighted by Crippen LogP contribution is -2.47. The molecule has 0 aromatic rings. The minimum Gasteiger partial charge on any atom is -0.364 e. The quantitative estimate of drug-likeness (QED) is 0.735. The van der Waals surface area contributed by atoms with Gasteiger partial charge in [0.05, 0.1) is 5.60 Å². The molecule has 1 heterocycles. The van der Waals surface area contributed by atoms with E-state index in [4.69, 9.17) is 4.74 Å². The summed E-state index contributed by atoms with van der Waals surface area (Å²) in [7, 11) is 0. The van der Waals surface area contributed by atoms with Crippen molar-refractivity contribution in [3.8, 4) is 0 Å². The lowest BCUT2D eigenvalue weighted by Gasteiger charge is -2.33. The summed E-state index contributed by atoms with van der Waals surface area (Å²) in [6, 6.07) is 0. The largest absolute Gasteiger partial charge is 0.364 e. The highest BCUT2D eigenvalue weighted by Gasteiger charge is 2.27. The van der Waals surface area contributed by atoms with Crippen molar-refractivity contribution in [1.29, 1.82) is 0 Å². The van der Waals surface area contributed by atoms with Crippen molar-refractivity contribution >= 4 is 5.91 Å². The zero-order chi connectivity index (χ0) is 12.0. The molecule has 1 atom stereocenters. The molecule has 1 fully saturated rings. The Hall–Kier alpha value is -0.610. The Balaban J connectivity index is 2.19. The molecule has 0 bridgehead atoms. The number of ether oxygens (including phenoxy) is 1. The van der Waals surface area contributed by atoms with Crippen LogP contribution in [-0.4, -0.2) is 37.7 Å². The van der Waals surface area contributed by atoms with Gasteiger partial charge in [0.2, 0.25) is 5.91 Å². The molecular weight excluding hydrogens is 204 g/mol. The van der Waals surface area contributed by atoms with Crippen molar-refractivity contribution in [3.05, 3.63) is 0 Å². The van der Waals surface area contributed by atoms with Gasteiger partial charge in [-0.05, 0) is 32.2 Å². The maximum atomic E-state index is 11.5. The first-order valence-electron chi connectivity index (χ1n) is 6.13. The van der Waals surface area contributed by atoms with Gasteiger partial charge in [-0.2, -0.15) is 0 Å². The summed E-state index contributed by atoms with van der Waals surface area (Å²) >= 11 is 0. The molecular formula is C12H24N2O2. The fraction of sp³-hybridized carbons (Fsp3) is 0.917. The van der Waals surface area contributed by atoms with Crippen molar-refractivity contribution < 1.29 is 9.53 Å². The average molecular weight is 228 g/mol. The predicted molar refractivity (Wildman–Crippen MR) is 64.3 cm³/mol. The summed E-state index contributed by atoms with van der Waals surface area (Å²) in [5.74, 6) is 0.469. The van der Waals surface area contributed by atoms with Crippen molar-refractivity contribution in [3.63, 3.8) is 0 Å². The molecule has 4 nitrogen and oxygen atoms in total. The third-order valence-electron chi connectivity index (χ3n) is 2.82. The molecule has 0 radical (unpaired) electrons. The van der Waals surface area contributed by atoms with Gasteiger partial charge in [0.1, 0.15) is 6.61 Å². The van der Waals surface area contributed by atoms with Gasteiger partial charge in [0.25, 0.3) is 0 Å². The SMILES string of the molecule is CC(C)CNC(=O)COC1(C)CCCNC1. The first-order valence-corrected chi connectivity index (χ1v) is 6.13. The molecule has 2 N–H and O–H groups in total. The molecule has 16 heavy (non-hydrogen) atoms. The third-order valence-corrected chi connectivity index (χ3v) is 2.82. The van der Waals surface area contributed by atoms with Crippen LogP contribution in [0, 0.1) is 5.92 Å². The minimum absolute atomic E-state index is 0.0134. The van der Waals surface area contributed by atoms with E-state index in [0.717, 1.165) is 32.5 Å². The second-order valence-corrected chi connectivity index (χ2v) is 5.22. The van der Waals surface area contributed by atoms with Crippen LogP contribution in [0.1, 0.15) is 33.6 Å². The number of rotatable bonds is 5. The highest BCUT2D eigenvalue weighted by Crippen LogP contribution is 2.19. The molecule has 0 spiro atoms. The highest BCUT2D eigenvalue weighted by atomic mass is 16.5. The Morgan fingerprint density at radius 3 is 2.88 bits per heavy atom. The molecule has 1 unspecified atom stereocenters. The van der Waals surface area contributed by atoms with Crippen LogP contribution in [0.5, 0.6) is 0 Å². The minimum atomic E-state index is -0.173. The zero-order valence-electron chi connectivity index (χ0n) is 10.6. The summed E-state index contributed by atoms with van der Waals surface area (Å²) in [6.07, 6.45) is 2.14. The molecule has 1 rings (SSSR count). The van der Waals surface area contributed by atoms with Gasteiger partial charge < -0.3 is 15.4 Å². The van der Waals surface area contributed by atoms with Crippen LogP contribution in [0.3, 0.4) is 0 Å². The first kappa shape index (κ1) is 13.5. The summed E-state index contributed by atoms with van der Waals surface area (Å²) in [5.41, 5.74) is -0.173. The average Bonchev–Trinajstić information content (AvgIpc) is 2.25. The lowest BCUT2D eigenvalue weighted by atomic mass is 9.96. The molecule has 0 aromatic carbocycles. The Morgan fingerprint density at radius 2 is 2.31 bits per heavy atom. The first-order chi connectivity index (χ1) is 7.52. The molecule has 4 heteroatoms. The van der Waals surface area contributed by atoms with Gasteiger partial charge in [0, 0.05) is 13.1 Å². The summed E-state index contributed by atoms with van der Waals surface area (Å²) in [5, 5.41) is 6.15. The van der Waals surface area contributed by atoms with Gasteiger partial charge in [-0.25, -0.2) is 0 Å². The van der Waals surface area contributed by atoms with Crippen LogP contribution < -0.4 is 10.6 Å². The predicted octanol–water partition coefficient (Wildman–Crippen LogP) is 0.917. The maximum Gasteiger partial charge on any atom is 0.246 e. The monoisotopic (exact) mass is 228 g/mol. The number of hydrogen-bond donors (Lipinski definition) is 2. The van der Waals surface area contributed by atoms with E-state index in [1.54, 1.807) is 0 Å². The standard InChI is InChI=1S/C12H24N2O2/c1-10(2)7-14-11(15)8-16-12(3)5-4-6-13-9-12/h10,13H,4-9H2,1-3H3,(H,14,15). The van der Waals surface area contributed by atoms with Gasteiger partial charge >= 0.3 is 0 Å². The summed E-state index contributed by atoms with van der Waals surface area (Å²) < 4.78 is 5.69. The molecule has 1 aliphatic rings. The van der Waals surface area contributed by atoms with E-state index in [2.05, 4.69) is 31.4 Å². The van der Waals surface area contributed by atoms with Crippen LogP contribution in [0.25, 0.3) is 0 Å². The lowest BCUT2D eigenvalue weighted by molar-refractivity contribution is -0.133. The smallest absolute Gasteiger partial charge is 0.246 e. The number of nitrogens with one attached hydrogen (secondary N) is 2. The highest BCUT2D eigenvalue weighted by molar-refractivity contribution is 5.77. The van der Waals surface area contributed by atoms with Crippen molar-refractivity contribution in [1.82, 2.24) is 10.6 Å². The molecule has 0 saturated carbocycles. The molecule has 94 valence electrons. The van der Waals surface area contributed by atoms with Crippen molar-refractivity contribution in [2.75, 3.05) is 26.2 Å². The molecule has 0 aliphatic carbocycles. The van der Waals surface area contributed by atoms with Gasteiger partial charge in [-0.1, -0.05) is 13.8 Å². The Morgan fingerprint density at radius 1 is 1.56 bits per heavy atom. The van der Waals surface area contributed by atoms with Crippen LogP contribution in [0.15, 0.2) is 0 Å². The number of amides is 1. The van der Waals surface area contributed by atoms with Crippen LogP contribution in [0.2, 0.25) is 0 Å². The summed E-state index contributed by atoms with van der Waals surface area (Å²) in [4.78, 5) is 11.5. The van der Waals surface area contributed by atoms with Gasteiger partial charge in [0.15, 0.2) is 0 Å².